The van der Waals surface area contributed by atoms with Gasteiger partial charge in [-0.1, -0.05) is 48.3 Å². The van der Waals surface area contributed by atoms with Crippen molar-refractivity contribution in [1.82, 2.24) is 36.2 Å². The van der Waals surface area contributed by atoms with Crippen LogP contribution >= 0.6 is 23.2 Å². The molecule has 29 heavy (non-hydrogen) atoms. The number of nitrogens with one attached hydrogen (secondary N) is 3. The second kappa shape index (κ2) is 10.2. The first kappa shape index (κ1) is 21.8. The molecule has 2 heterocycles. The molecule has 11 heteroatoms. The summed E-state index contributed by atoms with van der Waals surface area (Å²) in [5.74, 6) is 0.572. The summed E-state index contributed by atoms with van der Waals surface area (Å²) in [6.07, 6.45) is -0.0973. The van der Waals surface area contributed by atoms with Gasteiger partial charge in [0, 0.05) is 26.2 Å². The Kier molecular flexibility index (Phi) is 7.65. The number of hydrogen-bond acceptors (Lipinski definition) is 6. The number of amides is 2. The van der Waals surface area contributed by atoms with Gasteiger partial charge in [0.1, 0.15) is 0 Å². The highest BCUT2D eigenvalue weighted by Crippen LogP contribution is 2.23. The van der Waals surface area contributed by atoms with Crippen molar-refractivity contribution in [1.29, 1.82) is 0 Å². The fraction of sp³-hybridized carbons (Fsp3) is 0.556. The number of ether oxygens (including phenoxy) is 1. The Hall–Kier alpha value is -1.94. The van der Waals surface area contributed by atoms with Crippen LogP contribution < -0.4 is 10.6 Å². The number of benzene rings is 1. The van der Waals surface area contributed by atoms with Gasteiger partial charge in [-0.05, 0) is 23.6 Å². The Morgan fingerprint density at radius 1 is 1.38 bits per heavy atom. The summed E-state index contributed by atoms with van der Waals surface area (Å²) in [5.41, 5.74) is 1.09. The number of urea groups is 1. The van der Waals surface area contributed by atoms with Gasteiger partial charge in [0.15, 0.2) is 5.82 Å². The molecule has 2 atom stereocenters. The fourth-order valence-electron chi connectivity index (χ4n) is 3.17. The second-order valence-electron chi connectivity index (χ2n) is 7.32. The van der Waals surface area contributed by atoms with Gasteiger partial charge < -0.3 is 15.4 Å². The van der Waals surface area contributed by atoms with Gasteiger partial charge in [0.2, 0.25) is 0 Å². The van der Waals surface area contributed by atoms with Crippen molar-refractivity contribution >= 4 is 29.2 Å². The number of carbonyl (C=O) groups excluding carboxylic acids is 1. The summed E-state index contributed by atoms with van der Waals surface area (Å²) < 4.78 is 5.79. The van der Waals surface area contributed by atoms with E-state index in [1.807, 2.05) is 26.0 Å². The van der Waals surface area contributed by atoms with Gasteiger partial charge >= 0.3 is 6.03 Å². The number of aromatic amines is 1. The Morgan fingerprint density at radius 3 is 2.90 bits per heavy atom. The van der Waals surface area contributed by atoms with Gasteiger partial charge in [-0.3, -0.25) is 4.90 Å². The molecule has 0 aliphatic carbocycles. The van der Waals surface area contributed by atoms with Gasteiger partial charge in [-0.2, -0.15) is 5.21 Å². The first-order valence-corrected chi connectivity index (χ1v) is 10.2. The molecular weight excluding hydrogens is 417 g/mol. The third kappa shape index (κ3) is 6.27. The van der Waals surface area contributed by atoms with Crippen LogP contribution in [-0.4, -0.2) is 63.9 Å². The molecule has 1 unspecified atom stereocenters. The highest BCUT2D eigenvalue weighted by Gasteiger charge is 2.24. The molecule has 9 nitrogen and oxygen atoms in total. The number of carbonyl (C=O) groups is 1. The molecule has 0 saturated carbocycles. The maximum Gasteiger partial charge on any atom is 0.315 e. The largest absolute Gasteiger partial charge is 0.374 e. The van der Waals surface area contributed by atoms with E-state index in [1.54, 1.807) is 6.07 Å². The SMILES string of the molecule is CC(C)C(NC(=O)NC[C@H]1CN(Cc2ccc(Cl)c(Cl)c2)CCO1)c1nn[nH]n1. The molecule has 3 N–H and O–H groups in total. The van der Waals surface area contributed by atoms with E-state index in [-0.39, 0.29) is 24.1 Å². The minimum atomic E-state index is -0.327. The predicted molar refractivity (Wildman–Crippen MR) is 110 cm³/mol. The minimum Gasteiger partial charge on any atom is -0.374 e. The highest BCUT2D eigenvalue weighted by atomic mass is 35.5. The van der Waals surface area contributed by atoms with Crippen molar-refractivity contribution in [3.05, 3.63) is 39.6 Å². The van der Waals surface area contributed by atoms with E-state index in [4.69, 9.17) is 27.9 Å². The van der Waals surface area contributed by atoms with Crippen molar-refractivity contribution in [3.8, 4) is 0 Å². The van der Waals surface area contributed by atoms with E-state index < -0.39 is 0 Å². The van der Waals surface area contributed by atoms with E-state index in [9.17, 15) is 4.79 Å². The summed E-state index contributed by atoms with van der Waals surface area (Å²) in [5, 5.41) is 20.8. The van der Waals surface area contributed by atoms with E-state index >= 15 is 0 Å². The third-order valence-corrected chi connectivity index (χ3v) is 5.44. The smallest absolute Gasteiger partial charge is 0.315 e. The lowest BCUT2D eigenvalue weighted by molar-refractivity contribution is -0.0287. The molecule has 1 saturated heterocycles. The number of halogens is 2. The maximum atomic E-state index is 12.3. The Morgan fingerprint density at radius 2 is 2.21 bits per heavy atom. The number of hydrogen-bond donors (Lipinski definition) is 3. The lowest BCUT2D eigenvalue weighted by Gasteiger charge is -2.33. The first-order chi connectivity index (χ1) is 13.9. The molecule has 1 aromatic heterocycles. The number of rotatable bonds is 7. The van der Waals surface area contributed by atoms with E-state index in [2.05, 4.69) is 36.2 Å². The number of nitrogens with zero attached hydrogens (tertiary/aromatic N) is 4. The van der Waals surface area contributed by atoms with Crippen LogP contribution in [0.4, 0.5) is 4.79 Å². The Bertz CT molecular complexity index is 804. The Balaban J connectivity index is 1.47. The molecule has 2 aromatic rings. The highest BCUT2D eigenvalue weighted by molar-refractivity contribution is 6.42. The molecule has 1 aromatic carbocycles. The van der Waals surface area contributed by atoms with Crippen molar-refractivity contribution in [2.24, 2.45) is 5.92 Å². The molecule has 0 radical (unpaired) electrons. The van der Waals surface area contributed by atoms with E-state index in [0.717, 1.165) is 18.7 Å². The Labute approximate surface area is 179 Å². The normalized spacial score (nSPS) is 18.6. The topological polar surface area (TPSA) is 108 Å². The predicted octanol–water partition coefficient (Wildman–Crippen LogP) is 2.40. The lowest BCUT2D eigenvalue weighted by Crippen LogP contribution is -2.49. The van der Waals surface area contributed by atoms with Crippen molar-refractivity contribution < 1.29 is 9.53 Å². The number of tetrazole rings is 1. The summed E-state index contributed by atoms with van der Waals surface area (Å²) in [4.78, 5) is 14.6. The number of H-pyrrole nitrogens is 1. The first-order valence-electron chi connectivity index (χ1n) is 9.48. The number of morpholine rings is 1. The maximum absolute atomic E-state index is 12.3. The molecule has 3 rings (SSSR count). The van der Waals surface area contributed by atoms with Crippen LogP contribution in [0.5, 0.6) is 0 Å². The van der Waals surface area contributed by atoms with Crippen molar-refractivity contribution in [2.45, 2.75) is 32.5 Å². The van der Waals surface area contributed by atoms with E-state index in [0.29, 0.717) is 35.6 Å². The lowest BCUT2D eigenvalue weighted by atomic mass is 10.0. The molecule has 0 spiro atoms. The molecule has 2 amide bonds. The molecule has 1 aliphatic rings. The summed E-state index contributed by atoms with van der Waals surface area (Å²) >= 11 is 12.1. The molecule has 1 fully saturated rings. The summed E-state index contributed by atoms with van der Waals surface area (Å²) in [6.45, 7) is 7.23. The van der Waals surface area contributed by atoms with Crippen LogP contribution in [0.3, 0.4) is 0 Å². The fourth-order valence-corrected chi connectivity index (χ4v) is 3.49. The average Bonchev–Trinajstić information content (AvgIpc) is 3.22. The van der Waals surface area contributed by atoms with Crippen LogP contribution in [-0.2, 0) is 11.3 Å². The van der Waals surface area contributed by atoms with Gasteiger partial charge in [0.25, 0.3) is 0 Å². The van der Waals surface area contributed by atoms with Crippen LogP contribution in [0, 0.1) is 5.92 Å². The van der Waals surface area contributed by atoms with Crippen LogP contribution in [0.1, 0.15) is 31.3 Å². The molecule has 0 bridgehead atoms. The minimum absolute atomic E-state index is 0.0973. The zero-order valence-corrected chi connectivity index (χ0v) is 17.9. The van der Waals surface area contributed by atoms with Crippen molar-refractivity contribution in [3.63, 3.8) is 0 Å². The number of aromatic nitrogens is 4. The zero-order chi connectivity index (χ0) is 20.8. The van der Waals surface area contributed by atoms with E-state index in [1.165, 1.54) is 0 Å². The van der Waals surface area contributed by atoms with Gasteiger partial charge in [-0.15, -0.1) is 10.2 Å². The standard InChI is InChI=1S/C18H25Cl2N7O2/c1-11(2)16(17-23-25-26-24-17)22-18(28)21-8-13-10-27(5-6-29-13)9-12-3-4-14(19)15(20)7-12/h3-4,7,11,13,16H,5-6,8-10H2,1-2H3,(H2,21,22,28)(H,23,24,25,26)/t13-,16?/m0/s1. The molecular formula is C18H25Cl2N7O2. The van der Waals surface area contributed by atoms with Gasteiger partial charge in [-0.25, -0.2) is 4.79 Å². The van der Waals surface area contributed by atoms with Crippen molar-refractivity contribution in [2.75, 3.05) is 26.2 Å². The van der Waals surface area contributed by atoms with Crippen LogP contribution in [0.25, 0.3) is 0 Å². The average molecular weight is 442 g/mol. The third-order valence-electron chi connectivity index (χ3n) is 4.70. The van der Waals surface area contributed by atoms with Crippen LogP contribution in [0.15, 0.2) is 18.2 Å². The quantitative estimate of drug-likeness (QED) is 0.608. The molecule has 1 aliphatic heterocycles. The zero-order valence-electron chi connectivity index (χ0n) is 16.4. The second-order valence-corrected chi connectivity index (χ2v) is 8.14. The molecule has 158 valence electrons. The van der Waals surface area contributed by atoms with Gasteiger partial charge in [0.05, 0.1) is 28.8 Å². The monoisotopic (exact) mass is 441 g/mol. The van der Waals surface area contributed by atoms with Crippen LogP contribution in [0.2, 0.25) is 10.0 Å². The summed E-state index contributed by atoms with van der Waals surface area (Å²) in [6, 6.07) is 5.03. The summed E-state index contributed by atoms with van der Waals surface area (Å²) in [7, 11) is 0.